The highest BCUT2D eigenvalue weighted by molar-refractivity contribution is 5.78. The van der Waals surface area contributed by atoms with Gasteiger partial charge in [-0.25, -0.2) is 0 Å². The van der Waals surface area contributed by atoms with Crippen LogP contribution in [0.4, 0.5) is 0 Å². The first-order valence-corrected chi connectivity index (χ1v) is 9.16. The molecule has 1 N–H and O–H groups in total. The van der Waals surface area contributed by atoms with Crippen molar-refractivity contribution >= 4 is 5.91 Å². The van der Waals surface area contributed by atoms with Crippen molar-refractivity contribution in [2.75, 3.05) is 32.7 Å². The molecule has 1 aliphatic heterocycles. The molecule has 2 heterocycles. The Bertz CT molecular complexity index is 497. The van der Waals surface area contributed by atoms with Gasteiger partial charge in [0, 0.05) is 38.6 Å². The van der Waals surface area contributed by atoms with Crippen LogP contribution in [-0.2, 0) is 17.8 Å². The number of hydrogen-bond donors (Lipinski definition) is 1. The maximum absolute atomic E-state index is 11.9. The van der Waals surface area contributed by atoms with Gasteiger partial charge in [0.05, 0.1) is 13.1 Å². The number of carbonyl (C=O) groups excluding carboxylic acids is 1. The summed E-state index contributed by atoms with van der Waals surface area (Å²) >= 11 is 0. The summed E-state index contributed by atoms with van der Waals surface area (Å²) in [7, 11) is 0. The highest BCUT2D eigenvalue weighted by Crippen LogP contribution is 2.08. The van der Waals surface area contributed by atoms with Gasteiger partial charge in [0.1, 0.15) is 0 Å². The molecule has 7 nitrogen and oxygen atoms in total. The predicted molar refractivity (Wildman–Crippen MR) is 92.5 cm³/mol. The van der Waals surface area contributed by atoms with Crippen LogP contribution in [0, 0.1) is 0 Å². The average molecular weight is 337 g/mol. The van der Waals surface area contributed by atoms with Crippen LogP contribution in [-0.4, -0.2) is 64.6 Å². The van der Waals surface area contributed by atoms with E-state index in [-0.39, 0.29) is 11.9 Å². The second-order valence-electron chi connectivity index (χ2n) is 6.64. The van der Waals surface area contributed by atoms with Gasteiger partial charge in [-0.2, -0.15) is 4.98 Å². The molecule has 1 unspecified atom stereocenters. The lowest BCUT2D eigenvalue weighted by molar-refractivity contribution is -0.123. The molecular weight excluding hydrogens is 306 g/mol. The fraction of sp³-hybridized carbons (Fsp3) is 0.824. The summed E-state index contributed by atoms with van der Waals surface area (Å²) in [5.41, 5.74) is 0. The molecule has 0 saturated carbocycles. The molecule has 0 aromatic carbocycles. The number of hydrogen-bond acceptors (Lipinski definition) is 6. The molecular formula is C17H31N5O2. The van der Waals surface area contributed by atoms with Gasteiger partial charge in [-0.15, -0.1) is 0 Å². The van der Waals surface area contributed by atoms with Crippen LogP contribution in [0.2, 0.25) is 0 Å². The molecule has 1 fully saturated rings. The third kappa shape index (κ3) is 6.20. The summed E-state index contributed by atoms with van der Waals surface area (Å²) in [5.74, 6) is 1.63. The molecule has 0 bridgehead atoms. The number of amides is 1. The van der Waals surface area contributed by atoms with E-state index in [1.54, 1.807) is 0 Å². The lowest BCUT2D eigenvalue weighted by Gasteiger charge is -2.33. The van der Waals surface area contributed by atoms with E-state index in [4.69, 9.17) is 4.52 Å². The fourth-order valence-corrected chi connectivity index (χ4v) is 2.71. The zero-order chi connectivity index (χ0) is 17.4. The summed E-state index contributed by atoms with van der Waals surface area (Å²) in [6.45, 7) is 11.1. The normalized spacial score (nSPS) is 17.8. The van der Waals surface area contributed by atoms with E-state index in [1.165, 1.54) is 0 Å². The first kappa shape index (κ1) is 18.9. The SMILES string of the molecule is CCCCc1noc(CN2CCN(CC(=O)NC(C)CC)CC2)n1. The molecule has 1 aromatic heterocycles. The van der Waals surface area contributed by atoms with Crippen molar-refractivity contribution in [1.29, 1.82) is 0 Å². The molecule has 1 aliphatic rings. The van der Waals surface area contributed by atoms with Crippen molar-refractivity contribution in [2.45, 2.75) is 59.0 Å². The van der Waals surface area contributed by atoms with Crippen molar-refractivity contribution in [3.05, 3.63) is 11.7 Å². The Labute approximate surface area is 144 Å². The van der Waals surface area contributed by atoms with Crippen LogP contribution in [0.5, 0.6) is 0 Å². The first-order valence-electron chi connectivity index (χ1n) is 9.16. The van der Waals surface area contributed by atoms with Gasteiger partial charge in [-0.3, -0.25) is 14.6 Å². The topological polar surface area (TPSA) is 74.5 Å². The van der Waals surface area contributed by atoms with Crippen LogP contribution in [0.3, 0.4) is 0 Å². The Hall–Kier alpha value is -1.47. The molecule has 24 heavy (non-hydrogen) atoms. The molecule has 7 heteroatoms. The minimum atomic E-state index is 0.121. The van der Waals surface area contributed by atoms with Crippen LogP contribution < -0.4 is 5.32 Å². The maximum atomic E-state index is 11.9. The first-order chi connectivity index (χ1) is 11.6. The minimum absolute atomic E-state index is 0.121. The second-order valence-corrected chi connectivity index (χ2v) is 6.64. The summed E-state index contributed by atoms with van der Waals surface area (Å²) in [5, 5.41) is 7.05. The van der Waals surface area contributed by atoms with E-state index in [0.717, 1.165) is 57.7 Å². The van der Waals surface area contributed by atoms with Crippen LogP contribution in [0.1, 0.15) is 51.7 Å². The van der Waals surface area contributed by atoms with Crippen LogP contribution in [0.15, 0.2) is 4.52 Å². The van der Waals surface area contributed by atoms with Crippen LogP contribution in [0.25, 0.3) is 0 Å². The smallest absolute Gasteiger partial charge is 0.240 e. The number of piperazine rings is 1. The van der Waals surface area contributed by atoms with E-state index in [2.05, 4.69) is 39.1 Å². The number of nitrogens with zero attached hydrogens (tertiary/aromatic N) is 4. The van der Waals surface area contributed by atoms with E-state index in [0.29, 0.717) is 19.0 Å². The zero-order valence-corrected chi connectivity index (χ0v) is 15.3. The van der Waals surface area contributed by atoms with Crippen molar-refractivity contribution in [3.8, 4) is 0 Å². The molecule has 2 rings (SSSR count). The highest BCUT2D eigenvalue weighted by atomic mass is 16.5. The molecule has 0 aliphatic carbocycles. The summed E-state index contributed by atoms with van der Waals surface area (Å²) < 4.78 is 5.33. The Morgan fingerprint density at radius 3 is 2.62 bits per heavy atom. The quantitative estimate of drug-likeness (QED) is 0.735. The highest BCUT2D eigenvalue weighted by Gasteiger charge is 2.21. The molecule has 0 radical (unpaired) electrons. The summed E-state index contributed by atoms with van der Waals surface area (Å²) in [4.78, 5) is 20.9. The number of unbranched alkanes of at least 4 members (excludes halogenated alkanes) is 1. The lowest BCUT2D eigenvalue weighted by atomic mass is 10.2. The zero-order valence-electron chi connectivity index (χ0n) is 15.3. The monoisotopic (exact) mass is 337 g/mol. The third-order valence-corrected chi connectivity index (χ3v) is 4.47. The van der Waals surface area contributed by atoms with E-state index in [9.17, 15) is 4.79 Å². The van der Waals surface area contributed by atoms with Gasteiger partial charge in [-0.05, 0) is 19.8 Å². The van der Waals surface area contributed by atoms with E-state index >= 15 is 0 Å². The Morgan fingerprint density at radius 2 is 1.96 bits per heavy atom. The second kappa shape index (κ2) is 9.74. The van der Waals surface area contributed by atoms with E-state index in [1.807, 2.05) is 6.92 Å². The van der Waals surface area contributed by atoms with Crippen molar-refractivity contribution in [2.24, 2.45) is 0 Å². The van der Waals surface area contributed by atoms with Gasteiger partial charge in [0.15, 0.2) is 5.82 Å². The third-order valence-electron chi connectivity index (χ3n) is 4.47. The number of rotatable bonds is 9. The van der Waals surface area contributed by atoms with Crippen molar-refractivity contribution in [1.82, 2.24) is 25.3 Å². The lowest BCUT2D eigenvalue weighted by Crippen LogP contribution is -2.49. The molecule has 1 amide bonds. The fourth-order valence-electron chi connectivity index (χ4n) is 2.71. The van der Waals surface area contributed by atoms with Gasteiger partial charge in [0.25, 0.3) is 0 Å². The van der Waals surface area contributed by atoms with Gasteiger partial charge < -0.3 is 9.84 Å². The average Bonchev–Trinajstić information content (AvgIpc) is 3.02. The number of aryl methyl sites for hydroxylation is 1. The van der Waals surface area contributed by atoms with Crippen molar-refractivity contribution < 1.29 is 9.32 Å². The van der Waals surface area contributed by atoms with Gasteiger partial charge in [-0.1, -0.05) is 25.4 Å². The maximum Gasteiger partial charge on any atom is 0.240 e. The Morgan fingerprint density at radius 1 is 1.25 bits per heavy atom. The van der Waals surface area contributed by atoms with Gasteiger partial charge >= 0.3 is 0 Å². The number of aromatic nitrogens is 2. The summed E-state index contributed by atoms with van der Waals surface area (Å²) in [6, 6.07) is 0.248. The number of nitrogens with one attached hydrogen (secondary N) is 1. The molecule has 0 spiro atoms. The predicted octanol–water partition coefficient (Wildman–Crippen LogP) is 1.44. The van der Waals surface area contributed by atoms with Gasteiger partial charge in [0.2, 0.25) is 11.8 Å². The standard InChI is InChI=1S/C17H31N5O2/c1-4-6-7-15-19-17(24-20-15)13-22-10-8-21(9-11-22)12-16(23)18-14(3)5-2/h14H,4-13H2,1-3H3,(H,18,23). The Balaban J connectivity index is 1.69. The Kier molecular flexibility index (Phi) is 7.65. The largest absolute Gasteiger partial charge is 0.353 e. The van der Waals surface area contributed by atoms with E-state index < -0.39 is 0 Å². The summed E-state index contributed by atoms with van der Waals surface area (Å²) in [6.07, 6.45) is 4.08. The molecule has 1 saturated heterocycles. The minimum Gasteiger partial charge on any atom is -0.353 e. The molecule has 1 atom stereocenters. The van der Waals surface area contributed by atoms with Crippen LogP contribution >= 0.6 is 0 Å². The number of carbonyl (C=O) groups is 1. The van der Waals surface area contributed by atoms with Crippen molar-refractivity contribution in [3.63, 3.8) is 0 Å². The molecule has 136 valence electrons. The molecule has 1 aromatic rings.